The minimum absolute atomic E-state index is 0.308. The van der Waals surface area contributed by atoms with Gasteiger partial charge in [0.1, 0.15) is 6.10 Å². The molecule has 2 aromatic carbocycles. The highest BCUT2D eigenvalue weighted by Gasteiger charge is 2.56. The molecule has 5 rings (SSSR count). The summed E-state index contributed by atoms with van der Waals surface area (Å²) in [6.07, 6.45) is -1.48. The Labute approximate surface area is 173 Å². The van der Waals surface area contributed by atoms with Crippen molar-refractivity contribution in [2.45, 2.75) is 50.8 Å². The van der Waals surface area contributed by atoms with E-state index in [0.717, 1.165) is 15.8 Å². The van der Waals surface area contributed by atoms with Gasteiger partial charge in [0.25, 0.3) is 5.19 Å². The summed E-state index contributed by atoms with van der Waals surface area (Å²) in [6, 6.07) is 18.0. The largest absolute Gasteiger partial charge is 0.461 e. The molecule has 3 heterocycles. The van der Waals surface area contributed by atoms with Crippen molar-refractivity contribution in [3.63, 3.8) is 0 Å². The third-order valence-corrected chi connectivity index (χ3v) is 5.92. The van der Waals surface area contributed by atoms with E-state index >= 15 is 0 Å². The number of hydrogen-bond donors (Lipinski definition) is 0. The van der Waals surface area contributed by atoms with Gasteiger partial charge in [-0.05, 0) is 31.5 Å². The molecule has 1 aromatic heterocycles. The standard InChI is InChI=1S/C22H23NO5S/c1-22(2)27-19-18(26-21-23-15-10-6-7-11-17(15)29-21)16(25-20(19)28-22)13-24-12-14-8-4-3-5-9-14/h3-11,16,18-20H,12-13H2,1-2H3/t16-,18+,19-,20-/m1/s1. The molecule has 29 heavy (non-hydrogen) atoms. The van der Waals surface area contributed by atoms with Gasteiger partial charge in [0.05, 0.1) is 23.4 Å². The molecular weight excluding hydrogens is 390 g/mol. The maximum atomic E-state index is 6.28. The molecule has 0 saturated carbocycles. The van der Waals surface area contributed by atoms with Crippen LogP contribution in [0.15, 0.2) is 54.6 Å². The van der Waals surface area contributed by atoms with Crippen LogP contribution in [-0.2, 0) is 25.6 Å². The minimum Gasteiger partial charge on any atom is -0.461 e. The summed E-state index contributed by atoms with van der Waals surface area (Å²) in [5.74, 6) is -0.708. The highest BCUT2D eigenvalue weighted by atomic mass is 32.1. The second kappa shape index (κ2) is 7.66. The maximum absolute atomic E-state index is 6.28. The Morgan fingerprint density at radius 3 is 2.66 bits per heavy atom. The fourth-order valence-electron chi connectivity index (χ4n) is 3.71. The third kappa shape index (κ3) is 4.01. The van der Waals surface area contributed by atoms with E-state index in [1.54, 1.807) is 0 Å². The summed E-state index contributed by atoms with van der Waals surface area (Å²) in [6.45, 7) is 4.65. The van der Waals surface area contributed by atoms with Gasteiger partial charge in [0.15, 0.2) is 24.3 Å². The summed E-state index contributed by atoms with van der Waals surface area (Å²) in [5.41, 5.74) is 2.03. The summed E-state index contributed by atoms with van der Waals surface area (Å²) in [4.78, 5) is 4.59. The quantitative estimate of drug-likeness (QED) is 0.605. The van der Waals surface area contributed by atoms with Gasteiger partial charge in [0, 0.05) is 0 Å². The molecule has 6 nitrogen and oxygen atoms in total. The van der Waals surface area contributed by atoms with Gasteiger partial charge in [-0.2, -0.15) is 0 Å². The molecule has 0 bridgehead atoms. The van der Waals surface area contributed by atoms with Crippen molar-refractivity contribution in [2.24, 2.45) is 0 Å². The lowest BCUT2D eigenvalue weighted by molar-refractivity contribution is -0.218. The van der Waals surface area contributed by atoms with Crippen LogP contribution in [0.3, 0.4) is 0 Å². The summed E-state index contributed by atoms with van der Waals surface area (Å²) < 4.78 is 31.3. The zero-order chi connectivity index (χ0) is 19.8. The first kappa shape index (κ1) is 19.0. The van der Waals surface area contributed by atoms with E-state index < -0.39 is 12.1 Å². The topological polar surface area (TPSA) is 59.0 Å². The van der Waals surface area contributed by atoms with Crippen molar-refractivity contribution < 1.29 is 23.7 Å². The van der Waals surface area contributed by atoms with Crippen molar-refractivity contribution in [1.29, 1.82) is 0 Å². The van der Waals surface area contributed by atoms with Crippen LogP contribution >= 0.6 is 11.3 Å². The lowest BCUT2D eigenvalue weighted by Crippen LogP contribution is -2.41. The SMILES string of the molecule is CC1(C)O[C@H]2O[C@H](COCc3ccccc3)[C@H](Oc3nc4ccccc4s3)[C@H]2O1. The Balaban J connectivity index is 1.31. The molecule has 3 aromatic rings. The Morgan fingerprint density at radius 2 is 1.83 bits per heavy atom. The highest BCUT2D eigenvalue weighted by molar-refractivity contribution is 7.20. The number of benzene rings is 2. The van der Waals surface area contributed by atoms with Crippen LogP contribution in [-0.4, -0.2) is 42.0 Å². The molecule has 0 N–H and O–H groups in total. The van der Waals surface area contributed by atoms with E-state index in [2.05, 4.69) is 4.98 Å². The van der Waals surface area contributed by atoms with E-state index in [9.17, 15) is 0 Å². The first-order chi connectivity index (χ1) is 14.1. The second-order valence-corrected chi connectivity index (χ2v) is 8.67. The number of thiazole rings is 1. The molecule has 2 saturated heterocycles. The van der Waals surface area contributed by atoms with Crippen LogP contribution < -0.4 is 4.74 Å². The fourth-order valence-corrected chi connectivity index (χ4v) is 4.56. The van der Waals surface area contributed by atoms with E-state index in [0.29, 0.717) is 18.4 Å². The van der Waals surface area contributed by atoms with Crippen LogP contribution in [0.1, 0.15) is 19.4 Å². The molecule has 152 valence electrons. The molecule has 0 amide bonds. The Kier molecular flexibility index (Phi) is 5.01. The average Bonchev–Trinajstić information content (AvgIpc) is 3.33. The van der Waals surface area contributed by atoms with Gasteiger partial charge >= 0.3 is 0 Å². The molecule has 0 aliphatic carbocycles. The monoisotopic (exact) mass is 413 g/mol. The van der Waals surface area contributed by atoms with Crippen LogP contribution in [0.4, 0.5) is 0 Å². The summed E-state index contributed by atoms with van der Waals surface area (Å²) in [5, 5.41) is 0.599. The van der Waals surface area contributed by atoms with Gasteiger partial charge < -0.3 is 23.7 Å². The molecule has 4 atom stereocenters. The summed E-state index contributed by atoms with van der Waals surface area (Å²) in [7, 11) is 0. The molecule has 0 unspecified atom stereocenters. The number of aromatic nitrogens is 1. The van der Waals surface area contributed by atoms with Crippen LogP contribution in [0.25, 0.3) is 10.2 Å². The second-order valence-electron chi connectivity index (χ2n) is 7.67. The minimum atomic E-state index is -0.708. The first-order valence-electron chi connectivity index (χ1n) is 9.72. The number of fused-ring (bicyclic) bond motifs is 2. The van der Waals surface area contributed by atoms with Gasteiger partial charge in [-0.1, -0.05) is 53.8 Å². The Bertz CT molecular complexity index is 943. The smallest absolute Gasteiger partial charge is 0.274 e. The van der Waals surface area contributed by atoms with Crippen molar-refractivity contribution in [2.75, 3.05) is 6.61 Å². The predicted molar refractivity (Wildman–Crippen MR) is 109 cm³/mol. The van der Waals surface area contributed by atoms with Crippen molar-refractivity contribution in [1.82, 2.24) is 4.98 Å². The van der Waals surface area contributed by atoms with Gasteiger partial charge in [-0.25, -0.2) is 4.98 Å². The van der Waals surface area contributed by atoms with E-state index in [1.165, 1.54) is 11.3 Å². The zero-order valence-electron chi connectivity index (χ0n) is 16.3. The van der Waals surface area contributed by atoms with E-state index in [-0.39, 0.29) is 18.3 Å². The van der Waals surface area contributed by atoms with Crippen LogP contribution in [0, 0.1) is 0 Å². The number of rotatable bonds is 6. The number of nitrogens with zero attached hydrogens (tertiary/aromatic N) is 1. The molecule has 2 fully saturated rings. The normalized spacial score (nSPS) is 27.9. The van der Waals surface area contributed by atoms with Crippen LogP contribution in [0.5, 0.6) is 5.19 Å². The lowest BCUT2D eigenvalue weighted by atomic mass is 10.1. The summed E-state index contributed by atoms with van der Waals surface area (Å²) >= 11 is 1.51. The maximum Gasteiger partial charge on any atom is 0.274 e. The molecule has 2 aliphatic heterocycles. The molecule has 0 radical (unpaired) electrons. The lowest BCUT2D eigenvalue weighted by Gasteiger charge is -2.25. The van der Waals surface area contributed by atoms with Gasteiger partial charge in [-0.3, -0.25) is 0 Å². The molecule has 0 spiro atoms. The van der Waals surface area contributed by atoms with Gasteiger partial charge in [-0.15, -0.1) is 0 Å². The van der Waals surface area contributed by atoms with Crippen LogP contribution in [0.2, 0.25) is 0 Å². The van der Waals surface area contributed by atoms with E-state index in [4.69, 9.17) is 23.7 Å². The molecule has 2 aliphatic rings. The Morgan fingerprint density at radius 1 is 1.03 bits per heavy atom. The zero-order valence-corrected chi connectivity index (χ0v) is 17.1. The van der Waals surface area contributed by atoms with Crippen molar-refractivity contribution in [3.05, 3.63) is 60.2 Å². The number of hydrogen-bond acceptors (Lipinski definition) is 7. The predicted octanol–water partition coefficient (Wildman–Crippen LogP) is 4.14. The van der Waals surface area contributed by atoms with Crippen molar-refractivity contribution >= 4 is 21.6 Å². The van der Waals surface area contributed by atoms with Gasteiger partial charge in [0.2, 0.25) is 0 Å². The first-order valence-corrected chi connectivity index (χ1v) is 10.5. The third-order valence-electron chi connectivity index (χ3n) is 4.99. The molecular formula is C22H23NO5S. The average molecular weight is 413 g/mol. The van der Waals surface area contributed by atoms with Crippen molar-refractivity contribution in [3.8, 4) is 5.19 Å². The highest BCUT2D eigenvalue weighted by Crippen LogP contribution is 2.40. The Hall–Kier alpha value is -2.03. The molecule has 7 heteroatoms. The number of para-hydroxylation sites is 1. The van der Waals surface area contributed by atoms with E-state index in [1.807, 2.05) is 68.4 Å². The number of ether oxygens (including phenoxy) is 5. The fraction of sp³-hybridized carbons (Fsp3) is 0.409.